The number of nitrogens with one attached hydrogen (secondary N) is 2. The van der Waals surface area contributed by atoms with Crippen molar-refractivity contribution in [3.05, 3.63) is 77.9 Å². The lowest BCUT2D eigenvalue weighted by atomic mass is 10.1. The first-order valence-electron chi connectivity index (χ1n) is 9.77. The van der Waals surface area contributed by atoms with Crippen molar-refractivity contribution < 1.29 is 14.4 Å². The summed E-state index contributed by atoms with van der Waals surface area (Å²) in [6.07, 6.45) is 3.09. The van der Waals surface area contributed by atoms with E-state index in [4.69, 9.17) is 0 Å². The van der Waals surface area contributed by atoms with Crippen LogP contribution in [-0.2, 0) is 17.9 Å². The predicted molar refractivity (Wildman–Crippen MR) is 113 cm³/mol. The molecule has 1 fully saturated rings. The fraction of sp³-hybridized carbons (Fsp3) is 0.227. The van der Waals surface area contributed by atoms with Gasteiger partial charge in [0.05, 0.1) is 13.1 Å². The van der Waals surface area contributed by atoms with Gasteiger partial charge in [0.15, 0.2) is 0 Å². The molecule has 4 rings (SSSR count). The lowest BCUT2D eigenvalue weighted by Crippen LogP contribution is -2.40. The van der Waals surface area contributed by atoms with E-state index >= 15 is 0 Å². The highest BCUT2D eigenvalue weighted by molar-refractivity contribution is 6.06. The van der Waals surface area contributed by atoms with Crippen molar-refractivity contribution in [3.8, 4) is 0 Å². The van der Waals surface area contributed by atoms with Crippen LogP contribution >= 0.6 is 0 Å². The monoisotopic (exact) mass is 418 g/mol. The van der Waals surface area contributed by atoms with Crippen LogP contribution in [0.3, 0.4) is 0 Å². The van der Waals surface area contributed by atoms with Crippen molar-refractivity contribution in [2.45, 2.75) is 32.5 Å². The van der Waals surface area contributed by atoms with Crippen molar-refractivity contribution in [2.24, 2.45) is 0 Å². The average molecular weight is 418 g/mol. The third-order valence-corrected chi connectivity index (χ3v) is 5.00. The number of rotatable bonds is 6. The van der Waals surface area contributed by atoms with E-state index in [1.54, 1.807) is 55.2 Å². The standard InChI is InChI=1S/C22H22N6O3/c1-22(2)20(30)28(21(31)26-22)12-15-6-8-18(9-7-15)25-19(29)17-5-3-4-16(10-17)11-27-14-23-13-24-27/h3-10,13-14H,11-12H2,1-2H3,(H,25,29)(H,26,31). The zero-order valence-electron chi connectivity index (χ0n) is 17.2. The quantitative estimate of drug-likeness (QED) is 0.598. The first kappa shape index (κ1) is 20.3. The normalized spacial score (nSPS) is 15.1. The van der Waals surface area contributed by atoms with Crippen LogP contribution in [0.1, 0.15) is 35.3 Å². The van der Waals surface area contributed by atoms with Crippen molar-refractivity contribution in [3.63, 3.8) is 0 Å². The Hall–Kier alpha value is -4.01. The van der Waals surface area contributed by atoms with Crippen molar-refractivity contribution in [1.82, 2.24) is 25.0 Å². The Morgan fingerprint density at radius 3 is 2.48 bits per heavy atom. The highest BCUT2D eigenvalue weighted by Crippen LogP contribution is 2.20. The molecule has 3 aromatic rings. The lowest BCUT2D eigenvalue weighted by molar-refractivity contribution is -0.130. The molecule has 9 heteroatoms. The minimum atomic E-state index is -0.895. The first-order valence-corrected chi connectivity index (χ1v) is 9.77. The number of benzene rings is 2. The summed E-state index contributed by atoms with van der Waals surface area (Å²) < 4.78 is 1.68. The highest BCUT2D eigenvalue weighted by atomic mass is 16.2. The van der Waals surface area contributed by atoms with Crippen LogP contribution in [0, 0.1) is 0 Å². The summed E-state index contributed by atoms with van der Waals surface area (Å²) >= 11 is 0. The Morgan fingerprint density at radius 2 is 1.84 bits per heavy atom. The zero-order valence-corrected chi connectivity index (χ0v) is 17.2. The summed E-state index contributed by atoms with van der Waals surface area (Å²) in [6, 6.07) is 13.9. The molecule has 2 heterocycles. The minimum Gasteiger partial charge on any atom is -0.324 e. The fourth-order valence-corrected chi connectivity index (χ4v) is 3.35. The number of aromatic nitrogens is 3. The van der Waals surface area contributed by atoms with Gasteiger partial charge in [0, 0.05) is 11.3 Å². The van der Waals surface area contributed by atoms with Gasteiger partial charge in [-0.1, -0.05) is 24.3 Å². The molecule has 1 aliphatic rings. The maximum Gasteiger partial charge on any atom is 0.325 e. The van der Waals surface area contributed by atoms with Crippen molar-refractivity contribution in [1.29, 1.82) is 0 Å². The molecule has 0 spiro atoms. The Balaban J connectivity index is 1.39. The van der Waals surface area contributed by atoms with Gasteiger partial charge >= 0.3 is 6.03 Å². The second kappa shape index (κ2) is 8.02. The summed E-state index contributed by atoms with van der Waals surface area (Å²) in [5.74, 6) is -0.496. The van der Waals surface area contributed by atoms with Gasteiger partial charge < -0.3 is 10.6 Å². The van der Waals surface area contributed by atoms with E-state index in [2.05, 4.69) is 20.7 Å². The van der Waals surface area contributed by atoms with E-state index < -0.39 is 11.6 Å². The van der Waals surface area contributed by atoms with Crippen molar-refractivity contribution >= 4 is 23.5 Å². The third kappa shape index (κ3) is 4.45. The number of nitrogens with zero attached hydrogens (tertiary/aromatic N) is 4. The molecule has 1 aromatic heterocycles. The second-order valence-corrected chi connectivity index (χ2v) is 7.89. The van der Waals surface area contributed by atoms with E-state index in [0.717, 1.165) is 11.1 Å². The average Bonchev–Trinajstić information content (AvgIpc) is 3.31. The van der Waals surface area contributed by atoms with Crippen LogP contribution in [0.15, 0.2) is 61.2 Å². The van der Waals surface area contributed by atoms with Gasteiger partial charge in [-0.25, -0.2) is 14.5 Å². The molecule has 0 aliphatic carbocycles. The molecule has 0 saturated carbocycles. The second-order valence-electron chi connectivity index (χ2n) is 7.89. The molecule has 158 valence electrons. The first-order chi connectivity index (χ1) is 14.8. The number of amides is 4. The molecular weight excluding hydrogens is 396 g/mol. The van der Waals surface area contributed by atoms with Crippen LogP contribution in [0.25, 0.3) is 0 Å². The Kier molecular flexibility index (Phi) is 5.24. The maximum atomic E-state index is 12.6. The van der Waals surface area contributed by atoms with E-state index in [1.165, 1.54) is 11.2 Å². The summed E-state index contributed by atoms with van der Waals surface area (Å²) in [7, 11) is 0. The Morgan fingerprint density at radius 1 is 1.06 bits per heavy atom. The van der Waals surface area contributed by atoms with Crippen molar-refractivity contribution in [2.75, 3.05) is 5.32 Å². The lowest BCUT2D eigenvalue weighted by Gasteiger charge is -2.16. The van der Waals surface area contributed by atoms with Gasteiger partial charge in [0.1, 0.15) is 18.2 Å². The van der Waals surface area contributed by atoms with Gasteiger partial charge in [0.2, 0.25) is 0 Å². The van der Waals surface area contributed by atoms with Crippen LogP contribution in [0.5, 0.6) is 0 Å². The van der Waals surface area contributed by atoms with Gasteiger partial charge in [-0.3, -0.25) is 14.5 Å². The van der Waals surface area contributed by atoms with Crippen LogP contribution in [0.4, 0.5) is 10.5 Å². The van der Waals surface area contributed by atoms with E-state index in [0.29, 0.717) is 17.8 Å². The smallest absolute Gasteiger partial charge is 0.324 e. The summed E-state index contributed by atoms with van der Waals surface area (Å²) in [6.45, 7) is 4.04. The molecule has 1 aliphatic heterocycles. The van der Waals surface area contributed by atoms with Gasteiger partial charge in [-0.05, 0) is 49.2 Å². The number of hydrogen-bond donors (Lipinski definition) is 2. The van der Waals surface area contributed by atoms with Crippen LogP contribution in [-0.4, -0.2) is 43.0 Å². The van der Waals surface area contributed by atoms with Gasteiger partial charge in [0.25, 0.3) is 11.8 Å². The Labute approximate surface area is 179 Å². The molecular formula is C22H22N6O3. The van der Waals surface area contributed by atoms with Crippen LogP contribution in [0.2, 0.25) is 0 Å². The molecule has 31 heavy (non-hydrogen) atoms. The molecule has 0 bridgehead atoms. The highest BCUT2D eigenvalue weighted by Gasteiger charge is 2.43. The number of anilines is 1. The summed E-state index contributed by atoms with van der Waals surface area (Å²) in [4.78, 5) is 42.1. The molecule has 0 atom stereocenters. The molecule has 9 nitrogen and oxygen atoms in total. The third-order valence-electron chi connectivity index (χ3n) is 5.00. The molecule has 0 radical (unpaired) electrons. The van der Waals surface area contributed by atoms with E-state index in [-0.39, 0.29) is 18.4 Å². The zero-order chi connectivity index (χ0) is 22.0. The molecule has 2 N–H and O–H groups in total. The number of carbonyl (C=O) groups excluding carboxylic acids is 3. The maximum absolute atomic E-state index is 12.6. The summed E-state index contributed by atoms with van der Waals surface area (Å²) in [5.41, 5.74) is 1.98. The summed E-state index contributed by atoms with van der Waals surface area (Å²) in [5, 5.41) is 9.59. The molecule has 1 saturated heterocycles. The van der Waals surface area contributed by atoms with Gasteiger partial charge in [-0.2, -0.15) is 5.10 Å². The fourth-order valence-electron chi connectivity index (χ4n) is 3.35. The van der Waals surface area contributed by atoms with Crippen LogP contribution < -0.4 is 10.6 Å². The number of hydrogen-bond acceptors (Lipinski definition) is 5. The number of imide groups is 1. The topological polar surface area (TPSA) is 109 Å². The number of carbonyl (C=O) groups is 3. The molecule has 4 amide bonds. The molecule has 0 unspecified atom stereocenters. The number of urea groups is 1. The van der Waals surface area contributed by atoms with E-state index in [1.807, 2.05) is 18.2 Å². The minimum absolute atomic E-state index is 0.173. The largest absolute Gasteiger partial charge is 0.325 e. The van der Waals surface area contributed by atoms with Gasteiger partial charge in [-0.15, -0.1) is 0 Å². The molecule has 2 aromatic carbocycles. The predicted octanol–water partition coefficient (Wildman–Crippen LogP) is 2.41. The SMILES string of the molecule is CC1(C)NC(=O)N(Cc2ccc(NC(=O)c3cccc(Cn4cncn4)c3)cc2)C1=O. The Bertz CT molecular complexity index is 1120. The van der Waals surface area contributed by atoms with E-state index in [9.17, 15) is 14.4 Å².